The third kappa shape index (κ3) is 2.67. The topological polar surface area (TPSA) is 69.2 Å². The maximum atomic E-state index is 8.66. The molecule has 0 saturated carbocycles. The van der Waals surface area contributed by atoms with Gasteiger partial charge in [-0.05, 0) is 48.5 Å². The van der Waals surface area contributed by atoms with E-state index < -0.39 is 0 Å². The van der Waals surface area contributed by atoms with Crippen molar-refractivity contribution in [2.45, 2.75) is 0 Å². The van der Waals surface area contributed by atoms with E-state index in [-0.39, 0.29) is 0 Å². The van der Waals surface area contributed by atoms with E-state index in [1.807, 2.05) is 6.07 Å². The lowest BCUT2D eigenvalue weighted by Gasteiger charge is -2.05. The maximum absolute atomic E-state index is 8.66. The van der Waals surface area contributed by atoms with Crippen molar-refractivity contribution in [3.63, 3.8) is 0 Å². The number of ether oxygens (including phenoxy) is 1. The molecule has 0 atom stereocenters. The van der Waals surface area contributed by atoms with Gasteiger partial charge >= 0.3 is 0 Å². The van der Waals surface area contributed by atoms with Crippen LogP contribution in [0.4, 0.5) is 5.69 Å². The molecule has 4 nitrogen and oxygen atoms in total. The van der Waals surface area contributed by atoms with Crippen molar-refractivity contribution in [3.8, 4) is 17.6 Å². The number of hydrogen-bond donors (Lipinski definition) is 1. The summed E-state index contributed by atoms with van der Waals surface area (Å²) in [4.78, 5) is 0. The Morgan fingerprint density at radius 2 is 1.47 bits per heavy atom. The summed E-state index contributed by atoms with van der Waals surface area (Å²) < 4.78 is 5.57. The van der Waals surface area contributed by atoms with E-state index in [2.05, 4.69) is 5.11 Å². The Labute approximate surface area is 98.6 Å². The molecule has 2 aromatic rings. The first-order valence-corrected chi connectivity index (χ1v) is 4.97. The van der Waals surface area contributed by atoms with Crippen molar-refractivity contribution < 1.29 is 4.74 Å². The second-order valence-electron chi connectivity index (χ2n) is 3.34. The van der Waals surface area contributed by atoms with Crippen LogP contribution < -0.4 is 4.74 Å². The van der Waals surface area contributed by atoms with Crippen molar-refractivity contribution in [2.24, 2.45) is 5.11 Å². The third-order valence-corrected chi connectivity index (χ3v) is 2.18. The van der Waals surface area contributed by atoms with Gasteiger partial charge in [0.15, 0.2) is 0 Å². The molecular formula is C13H9N3O. The number of nitrogens with one attached hydrogen (secondary N) is 1. The van der Waals surface area contributed by atoms with Crippen LogP contribution in [-0.2, 0) is 0 Å². The first kappa shape index (κ1) is 10.8. The van der Waals surface area contributed by atoms with Gasteiger partial charge in [0.25, 0.3) is 0 Å². The van der Waals surface area contributed by atoms with Crippen LogP contribution in [0.1, 0.15) is 5.56 Å². The fourth-order valence-electron chi connectivity index (χ4n) is 1.32. The molecule has 0 aliphatic heterocycles. The van der Waals surface area contributed by atoms with Gasteiger partial charge in [0, 0.05) is 0 Å². The molecule has 0 saturated heterocycles. The van der Waals surface area contributed by atoms with Crippen molar-refractivity contribution in [3.05, 3.63) is 54.1 Å². The fraction of sp³-hybridized carbons (Fsp3) is 0. The Balaban J connectivity index is 2.14. The highest BCUT2D eigenvalue weighted by Crippen LogP contribution is 2.23. The lowest BCUT2D eigenvalue weighted by atomic mass is 10.2. The Morgan fingerprint density at radius 3 is 1.94 bits per heavy atom. The molecule has 1 N–H and O–H groups in total. The summed E-state index contributed by atoms with van der Waals surface area (Å²) in [5.41, 5.74) is 8.01. The van der Waals surface area contributed by atoms with E-state index in [0.29, 0.717) is 22.7 Å². The van der Waals surface area contributed by atoms with E-state index in [1.165, 1.54) is 0 Å². The molecular weight excluding hydrogens is 214 g/mol. The van der Waals surface area contributed by atoms with Crippen LogP contribution >= 0.6 is 0 Å². The smallest absolute Gasteiger partial charge is 0.127 e. The zero-order chi connectivity index (χ0) is 12.1. The summed E-state index contributed by atoms with van der Waals surface area (Å²) in [6.45, 7) is 0. The van der Waals surface area contributed by atoms with Gasteiger partial charge in [0.1, 0.15) is 11.5 Å². The molecule has 2 rings (SSSR count). The highest BCUT2D eigenvalue weighted by Gasteiger charge is 1.98. The minimum atomic E-state index is 0.581. The molecule has 0 bridgehead atoms. The number of hydrogen-bond acceptors (Lipinski definition) is 4. The lowest BCUT2D eigenvalue weighted by Crippen LogP contribution is -1.83. The van der Waals surface area contributed by atoms with Gasteiger partial charge in [-0.15, -0.1) is 0 Å². The van der Waals surface area contributed by atoms with Crippen LogP contribution in [0.15, 0.2) is 53.6 Å². The van der Waals surface area contributed by atoms with Gasteiger partial charge in [0.05, 0.1) is 17.3 Å². The minimum absolute atomic E-state index is 0.581. The predicted molar refractivity (Wildman–Crippen MR) is 62.5 cm³/mol. The quantitative estimate of drug-likeness (QED) is 0.798. The Kier molecular flexibility index (Phi) is 3.13. The summed E-state index contributed by atoms with van der Waals surface area (Å²) in [6, 6.07) is 15.8. The average Bonchev–Trinajstić information content (AvgIpc) is 2.40. The molecule has 0 unspecified atom stereocenters. The molecule has 0 heterocycles. The summed E-state index contributed by atoms with van der Waals surface area (Å²) in [5, 5.41) is 12.0. The summed E-state index contributed by atoms with van der Waals surface area (Å²) in [7, 11) is 0. The summed E-state index contributed by atoms with van der Waals surface area (Å²) in [5.74, 6) is 1.33. The van der Waals surface area contributed by atoms with E-state index >= 15 is 0 Å². The standard InChI is InChI=1S/C13H9N3O/c14-9-10-1-5-12(6-2-10)17-13-7-3-11(16-15)4-8-13/h1-8,15H. The average molecular weight is 223 g/mol. The minimum Gasteiger partial charge on any atom is -0.457 e. The second-order valence-corrected chi connectivity index (χ2v) is 3.34. The molecule has 0 fully saturated rings. The number of rotatable bonds is 3. The van der Waals surface area contributed by atoms with Crippen molar-refractivity contribution in [2.75, 3.05) is 0 Å². The molecule has 0 aliphatic rings. The van der Waals surface area contributed by atoms with Gasteiger partial charge in [-0.25, -0.2) is 5.53 Å². The zero-order valence-electron chi connectivity index (χ0n) is 8.92. The molecule has 82 valence electrons. The highest BCUT2D eigenvalue weighted by molar-refractivity contribution is 5.42. The SMILES string of the molecule is N#Cc1ccc(Oc2ccc(N=N)cc2)cc1. The predicted octanol–water partition coefficient (Wildman–Crippen LogP) is 4.01. The van der Waals surface area contributed by atoms with Crippen molar-refractivity contribution >= 4 is 5.69 Å². The zero-order valence-corrected chi connectivity index (χ0v) is 8.92. The van der Waals surface area contributed by atoms with Crippen LogP contribution in [0.25, 0.3) is 0 Å². The van der Waals surface area contributed by atoms with Crippen molar-refractivity contribution in [1.82, 2.24) is 0 Å². The molecule has 0 radical (unpaired) electrons. The molecule has 4 heteroatoms. The van der Waals surface area contributed by atoms with Gasteiger partial charge < -0.3 is 4.74 Å². The molecule has 0 spiro atoms. The molecule has 17 heavy (non-hydrogen) atoms. The first-order chi connectivity index (χ1) is 8.31. The third-order valence-electron chi connectivity index (χ3n) is 2.18. The van der Waals surface area contributed by atoms with Crippen LogP contribution in [0.2, 0.25) is 0 Å². The Morgan fingerprint density at radius 1 is 0.941 bits per heavy atom. The number of nitrogens with zero attached hydrogens (tertiary/aromatic N) is 2. The van der Waals surface area contributed by atoms with E-state index in [0.717, 1.165) is 0 Å². The van der Waals surface area contributed by atoms with E-state index in [9.17, 15) is 0 Å². The van der Waals surface area contributed by atoms with Crippen LogP contribution in [0.5, 0.6) is 11.5 Å². The molecule has 0 aliphatic carbocycles. The molecule has 0 amide bonds. The highest BCUT2D eigenvalue weighted by atomic mass is 16.5. The molecule has 0 aromatic heterocycles. The summed E-state index contributed by atoms with van der Waals surface area (Å²) >= 11 is 0. The maximum Gasteiger partial charge on any atom is 0.127 e. The normalized spacial score (nSPS) is 9.35. The summed E-state index contributed by atoms with van der Waals surface area (Å²) in [6.07, 6.45) is 0. The van der Waals surface area contributed by atoms with Gasteiger partial charge in [-0.3, -0.25) is 0 Å². The Hall–Kier alpha value is -2.67. The van der Waals surface area contributed by atoms with E-state index in [4.69, 9.17) is 15.5 Å². The van der Waals surface area contributed by atoms with Gasteiger partial charge in [-0.1, -0.05) is 0 Å². The lowest BCUT2D eigenvalue weighted by molar-refractivity contribution is 0.482. The molecule has 2 aromatic carbocycles. The van der Waals surface area contributed by atoms with Crippen LogP contribution in [0, 0.1) is 16.9 Å². The van der Waals surface area contributed by atoms with Crippen LogP contribution in [-0.4, -0.2) is 0 Å². The van der Waals surface area contributed by atoms with Gasteiger partial charge in [-0.2, -0.15) is 10.4 Å². The van der Waals surface area contributed by atoms with Gasteiger partial charge in [0.2, 0.25) is 0 Å². The van der Waals surface area contributed by atoms with E-state index in [1.54, 1.807) is 48.5 Å². The van der Waals surface area contributed by atoms with Crippen molar-refractivity contribution in [1.29, 1.82) is 10.8 Å². The monoisotopic (exact) mass is 223 g/mol. The van der Waals surface area contributed by atoms with Crippen LogP contribution in [0.3, 0.4) is 0 Å². The first-order valence-electron chi connectivity index (χ1n) is 4.97. The number of nitriles is 1. The number of benzene rings is 2. The Bertz CT molecular complexity index is 553. The fourth-order valence-corrected chi connectivity index (χ4v) is 1.32. The largest absolute Gasteiger partial charge is 0.457 e. The second kappa shape index (κ2) is 4.90.